The average Bonchev–Trinajstić information content (AvgIpc) is 3.51. The molecule has 174 valence electrons. The summed E-state index contributed by atoms with van der Waals surface area (Å²) in [5, 5.41) is 19.3. The first-order chi connectivity index (χ1) is 16.7. The quantitative estimate of drug-likeness (QED) is 0.423. The maximum absolute atomic E-state index is 5.06. The van der Waals surface area contributed by atoms with Gasteiger partial charge in [-0.05, 0) is 37.9 Å². The van der Waals surface area contributed by atoms with E-state index in [2.05, 4.69) is 42.2 Å². The molecule has 1 atom stereocenters. The molecule has 0 spiro atoms. The van der Waals surface area contributed by atoms with Crippen LogP contribution in [0.15, 0.2) is 48.0 Å². The van der Waals surface area contributed by atoms with E-state index in [1.807, 2.05) is 48.5 Å². The van der Waals surface area contributed by atoms with E-state index < -0.39 is 0 Å². The van der Waals surface area contributed by atoms with Crippen molar-refractivity contribution in [3.8, 4) is 11.1 Å². The van der Waals surface area contributed by atoms with E-state index in [4.69, 9.17) is 4.98 Å². The van der Waals surface area contributed by atoms with E-state index in [1.54, 1.807) is 4.68 Å². The Morgan fingerprint density at radius 2 is 2.03 bits per heavy atom. The molecule has 1 unspecified atom stereocenters. The molecular weight excluding hydrogens is 428 g/mol. The molecule has 4 aromatic heterocycles. The second kappa shape index (κ2) is 8.86. The Hall–Kier alpha value is -3.79. The number of pyridine rings is 1. The predicted molar refractivity (Wildman–Crippen MR) is 132 cm³/mol. The van der Waals surface area contributed by atoms with Gasteiger partial charge in [0.1, 0.15) is 17.5 Å². The third-order valence-electron chi connectivity index (χ3n) is 6.41. The zero-order valence-corrected chi connectivity index (χ0v) is 19.2. The van der Waals surface area contributed by atoms with E-state index in [0.717, 1.165) is 90.9 Å². The fraction of sp³-hybridized carbons (Fsp3) is 0.375. The van der Waals surface area contributed by atoms with E-state index in [-0.39, 0.29) is 0 Å². The molecular formula is C24H28N10. The van der Waals surface area contributed by atoms with Crippen LogP contribution >= 0.6 is 0 Å². The summed E-state index contributed by atoms with van der Waals surface area (Å²) in [7, 11) is 1.92. The molecule has 0 radical (unpaired) electrons. The van der Waals surface area contributed by atoms with Crippen LogP contribution in [-0.4, -0.2) is 61.4 Å². The fourth-order valence-electron chi connectivity index (χ4n) is 4.61. The summed E-state index contributed by atoms with van der Waals surface area (Å²) >= 11 is 0. The first kappa shape index (κ1) is 20.8. The number of rotatable bonds is 5. The van der Waals surface area contributed by atoms with Crippen molar-refractivity contribution in [2.45, 2.75) is 25.2 Å². The third-order valence-corrected chi connectivity index (χ3v) is 6.41. The number of piperidine rings is 1. The molecule has 2 aliphatic heterocycles. The number of hydrogen-bond acceptors (Lipinski definition) is 8. The molecule has 0 bridgehead atoms. The second-order valence-electron chi connectivity index (χ2n) is 8.87. The molecule has 0 saturated carbocycles. The van der Waals surface area contributed by atoms with Crippen LogP contribution in [-0.2, 0) is 7.05 Å². The van der Waals surface area contributed by atoms with Crippen LogP contribution < -0.4 is 16.0 Å². The number of aliphatic imine (C=N–C) groups is 1. The maximum Gasteiger partial charge on any atom is 0.165 e. The summed E-state index contributed by atoms with van der Waals surface area (Å²) in [5.74, 6) is 2.87. The number of anilines is 2. The number of fused-ring (bicyclic) bond motifs is 1. The molecule has 0 aliphatic carbocycles. The monoisotopic (exact) mass is 456 g/mol. The topological polar surface area (TPSA) is 109 Å². The van der Waals surface area contributed by atoms with Crippen molar-refractivity contribution < 1.29 is 0 Å². The van der Waals surface area contributed by atoms with Gasteiger partial charge in [-0.3, -0.25) is 9.67 Å². The van der Waals surface area contributed by atoms with Gasteiger partial charge < -0.3 is 16.0 Å². The summed E-state index contributed by atoms with van der Waals surface area (Å²) < 4.78 is 3.65. The highest BCUT2D eigenvalue weighted by Gasteiger charge is 2.21. The molecule has 6 rings (SSSR count). The standard InChI is InChI=1S/C24H28N10/c1-33-15-18(13-29-33)19-14-30-34-22(10-20(31-24(19)34)16-4-2-7-25-11-16)32-21-6-5-17(12-28-21)23-26-8-3-9-27-23/h5-6,10,12-16,25H,2-4,7-9,11H2,1H3,(H,26,27)(H,28,32). The lowest BCUT2D eigenvalue weighted by molar-refractivity contribution is 0.455. The maximum atomic E-state index is 5.06. The summed E-state index contributed by atoms with van der Waals surface area (Å²) in [4.78, 5) is 14.3. The zero-order valence-electron chi connectivity index (χ0n) is 19.2. The van der Waals surface area contributed by atoms with Gasteiger partial charge in [0.15, 0.2) is 5.65 Å². The third kappa shape index (κ3) is 4.01. The van der Waals surface area contributed by atoms with Crippen molar-refractivity contribution in [1.29, 1.82) is 0 Å². The molecule has 4 aromatic rings. The first-order valence-electron chi connectivity index (χ1n) is 11.8. The lowest BCUT2D eigenvalue weighted by Crippen LogP contribution is -2.30. The van der Waals surface area contributed by atoms with E-state index in [9.17, 15) is 0 Å². The normalized spacial score (nSPS) is 18.5. The highest BCUT2D eigenvalue weighted by Crippen LogP contribution is 2.30. The molecule has 0 amide bonds. The number of amidine groups is 1. The van der Waals surface area contributed by atoms with Crippen LogP contribution in [0.1, 0.15) is 36.4 Å². The average molecular weight is 457 g/mol. The molecule has 10 heteroatoms. The van der Waals surface area contributed by atoms with Crippen molar-refractivity contribution >= 4 is 23.1 Å². The molecule has 3 N–H and O–H groups in total. The van der Waals surface area contributed by atoms with Gasteiger partial charge in [-0.1, -0.05) is 0 Å². The summed E-state index contributed by atoms with van der Waals surface area (Å²) in [6.07, 6.45) is 10.9. The second-order valence-corrected chi connectivity index (χ2v) is 8.87. The smallest absolute Gasteiger partial charge is 0.165 e. The van der Waals surface area contributed by atoms with E-state index in [1.165, 1.54) is 0 Å². The zero-order chi connectivity index (χ0) is 22.9. The van der Waals surface area contributed by atoms with Crippen molar-refractivity contribution in [2.24, 2.45) is 12.0 Å². The van der Waals surface area contributed by atoms with Gasteiger partial charge in [0.05, 0.1) is 18.1 Å². The number of nitrogens with zero attached hydrogens (tertiary/aromatic N) is 7. The molecule has 1 fully saturated rings. The van der Waals surface area contributed by atoms with Crippen molar-refractivity contribution in [3.05, 3.63) is 54.2 Å². The fourth-order valence-corrected chi connectivity index (χ4v) is 4.61. The van der Waals surface area contributed by atoms with Crippen LogP contribution in [0.25, 0.3) is 16.8 Å². The van der Waals surface area contributed by atoms with Crippen LogP contribution in [0.2, 0.25) is 0 Å². The summed E-state index contributed by atoms with van der Waals surface area (Å²) in [6.45, 7) is 3.80. The van der Waals surface area contributed by atoms with E-state index >= 15 is 0 Å². The minimum absolute atomic E-state index is 0.363. The molecule has 34 heavy (non-hydrogen) atoms. The lowest BCUT2D eigenvalue weighted by Gasteiger charge is -2.23. The van der Waals surface area contributed by atoms with Crippen LogP contribution in [0.3, 0.4) is 0 Å². The largest absolute Gasteiger partial charge is 0.370 e. The van der Waals surface area contributed by atoms with Gasteiger partial charge in [0.25, 0.3) is 0 Å². The minimum atomic E-state index is 0.363. The number of nitrogens with one attached hydrogen (secondary N) is 3. The number of hydrogen-bond donors (Lipinski definition) is 3. The Morgan fingerprint density at radius 1 is 1.06 bits per heavy atom. The van der Waals surface area contributed by atoms with E-state index in [0.29, 0.717) is 5.92 Å². The van der Waals surface area contributed by atoms with Crippen LogP contribution in [0.5, 0.6) is 0 Å². The Balaban J connectivity index is 1.38. The number of aromatic nitrogens is 6. The van der Waals surface area contributed by atoms with Gasteiger partial charge in [-0.25, -0.2) is 9.97 Å². The van der Waals surface area contributed by atoms with Crippen molar-refractivity contribution in [2.75, 3.05) is 31.5 Å². The minimum Gasteiger partial charge on any atom is -0.370 e. The highest BCUT2D eigenvalue weighted by atomic mass is 15.3. The lowest BCUT2D eigenvalue weighted by atomic mass is 9.96. The van der Waals surface area contributed by atoms with Crippen LogP contribution in [0, 0.1) is 0 Å². The Kier molecular flexibility index (Phi) is 5.42. The number of aryl methyl sites for hydroxylation is 1. The summed E-state index contributed by atoms with van der Waals surface area (Å²) in [5.41, 5.74) is 4.84. The molecule has 10 nitrogen and oxygen atoms in total. The van der Waals surface area contributed by atoms with Gasteiger partial charge in [0.2, 0.25) is 0 Å². The SMILES string of the molecule is Cn1cc(-c2cnn3c(Nc4ccc(C5=NCCCN5)cn4)cc(C4CCCNC4)nc23)cn1. The Morgan fingerprint density at radius 3 is 2.76 bits per heavy atom. The van der Waals surface area contributed by atoms with Gasteiger partial charge >= 0.3 is 0 Å². The van der Waals surface area contributed by atoms with Gasteiger partial charge in [-0.15, -0.1) is 0 Å². The van der Waals surface area contributed by atoms with Crippen molar-refractivity contribution in [1.82, 2.24) is 40.0 Å². The molecule has 6 heterocycles. The van der Waals surface area contributed by atoms with Gasteiger partial charge in [-0.2, -0.15) is 14.7 Å². The van der Waals surface area contributed by atoms with Gasteiger partial charge in [0, 0.05) is 67.8 Å². The molecule has 0 aromatic carbocycles. The van der Waals surface area contributed by atoms with Crippen LogP contribution in [0.4, 0.5) is 11.6 Å². The molecule has 1 saturated heterocycles. The Bertz CT molecular complexity index is 1330. The molecule has 2 aliphatic rings. The predicted octanol–water partition coefficient (Wildman–Crippen LogP) is 2.48. The highest BCUT2D eigenvalue weighted by molar-refractivity contribution is 5.99. The van der Waals surface area contributed by atoms with Crippen molar-refractivity contribution in [3.63, 3.8) is 0 Å². The Labute approximate surface area is 197 Å². The summed E-state index contributed by atoms with van der Waals surface area (Å²) in [6, 6.07) is 6.13. The first-order valence-corrected chi connectivity index (χ1v) is 11.8.